The highest BCUT2D eigenvalue weighted by Crippen LogP contribution is 2.22. The van der Waals surface area contributed by atoms with Gasteiger partial charge in [0.2, 0.25) is 0 Å². The van der Waals surface area contributed by atoms with Crippen molar-refractivity contribution >= 4 is 46.4 Å². The van der Waals surface area contributed by atoms with Crippen molar-refractivity contribution in [2.24, 2.45) is 0 Å². The summed E-state index contributed by atoms with van der Waals surface area (Å²) in [4.78, 5) is 59.2. The van der Waals surface area contributed by atoms with Crippen molar-refractivity contribution in [2.45, 2.75) is 92.8 Å². The molecule has 2 heterocycles. The van der Waals surface area contributed by atoms with Crippen LogP contribution >= 0.6 is 15.9 Å². The molecule has 4 amide bonds. The quantitative estimate of drug-likeness (QED) is 0.0858. The normalized spacial score (nSPS) is 11.4. The standard InChI is InChI=1S/C24H30FN3O5.C19H28N2O4.C6H5BrFN/c1-17(15-19-11-12-26-21(31-5)20(19)25)28(23(30)33-24(2,3)4)14-13-27-22(29)32-16-18-9-7-6-8-10-18;1-6-15(2)21(18(23)25-19(3,4)5)13-12-20-17(22)24-14-16-10-8-7-9-11-16;1-4-6(8)5(7)2-3-9-4/h6-12,15H,13-14,16H2,1-5H3,(H,27,29);6-11,15H,1,12-14H2,2-5H3,(H,20,22);2-3H,1H3/b17-15-;;. The van der Waals surface area contributed by atoms with Crippen LogP contribution in [-0.2, 0) is 32.2 Å². The summed E-state index contributed by atoms with van der Waals surface area (Å²) in [6.45, 7) is 20.5. The van der Waals surface area contributed by atoms with Gasteiger partial charge < -0.3 is 39.2 Å². The second-order valence-electron chi connectivity index (χ2n) is 16.5. The molecule has 0 bridgehead atoms. The lowest BCUT2D eigenvalue weighted by molar-refractivity contribution is 0.0211. The molecule has 0 aliphatic rings. The molecule has 1 unspecified atom stereocenters. The van der Waals surface area contributed by atoms with Gasteiger partial charge in [0.15, 0.2) is 11.6 Å². The Hall–Kier alpha value is -6.56. The Morgan fingerprint density at radius 1 is 0.761 bits per heavy atom. The number of rotatable bonds is 15. The Balaban J connectivity index is 0.000000397. The van der Waals surface area contributed by atoms with E-state index < -0.39 is 41.4 Å². The number of benzene rings is 2. The Bertz CT molecular complexity index is 2200. The van der Waals surface area contributed by atoms with Crippen molar-refractivity contribution in [1.29, 1.82) is 0 Å². The smallest absolute Gasteiger partial charge is 0.414 e. The largest absolute Gasteiger partial charge is 0.479 e. The van der Waals surface area contributed by atoms with Gasteiger partial charge in [-0.2, -0.15) is 0 Å². The van der Waals surface area contributed by atoms with E-state index in [9.17, 15) is 28.0 Å². The van der Waals surface area contributed by atoms with Crippen LogP contribution in [0, 0.1) is 18.6 Å². The van der Waals surface area contributed by atoms with Gasteiger partial charge in [-0.05, 0) is 108 Å². The van der Waals surface area contributed by atoms with Gasteiger partial charge in [0.1, 0.15) is 24.4 Å². The Labute approximate surface area is 401 Å². The molecule has 364 valence electrons. The molecule has 0 radical (unpaired) electrons. The number of hydrogen-bond donors (Lipinski definition) is 2. The highest BCUT2D eigenvalue weighted by Gasteiger charge is 2.26. The van der Waals surface area contributed by atoms with Crippen molar-refractivity contribution in [3.63, 3.8) is 0 Å². The summed E-state index contributed by atoms with van der Waals surface area (Å²) in [5.74, 6) is -1.08. The first-order valence-corrected chi connectivity index (χ1v) is 22.0. The van der Waals surface area contributed by atoms with Gasteiger partial charge >= 0.3 is 24.4 Å². The van der Waals surface area contributed by atoms with Gasteiger partial charge in [-0.1, -0.05) is 66.7 Å². The number of amides is 4. The summed E-state index contributed by atoms with van der Waals surface area (Å²) in [6.07, 6.45) is 3.88. The van der Waals surface area contributed by atoms with Crippen LogP contribution in [0.5, 0.6) is 5.88 Å². The van der Waals surface area contributed by atoms with E-state index in [0.717, 1.165) is 11.1 Å². The molecule has 0 saturated carbocycles. The first-order chi connectivity index (χ1) is 31.5. The van der Waals surface area contributed by atoms with Crippen LogP contribution in [0.25, 0.3) is 6.08 Å². The zero-order valence-electron chi connectivity index (χ0n) is 39.9. The highest BCUT2D eigenvalue weighted by atomic mass is 79.9. The topological polar surface area (TPSA) is 171 Å². The van der Waals surface area contributed by atoms with E-state index in [2.05, 4.69) is 43.1 Å². The van der Waals surface area contributed by atoms with Crippen LogP contribution in [0.4, 0.5) is 28.0 Å². The summed E-state index contributed by atoms with van der Waals surface area (Å²) in [6, 6.07) is 21.5. The van der Waals surface area contributed by atoms with Gasteiger partial charge in [0.25, 0.3) is 5.88 Å². The number of alkyl carbamates (subject to hydrolysis) is 2. The van der Waals surface area contributed by atoms with Gasteiger partial charge in [0, 0.05) is 49.8 Å². The highest BCUT2D eigenvalue weighted by molar-refractivity contribution is 9.10. The minimum absolute atomic E-state index is 0.0848. The summed E-state index contributed by atoms with van der Waals surface area (Å²) in [7, 11) is 1.32. The van der Waals surface area contributed by atoms with E-state index >= 15 is 0 Å². The van der Waals surface area contributed by atoms with Crippen molar-refractivity contribution in [3.8, 4) is 5.88 Å². The van der Waals surface area contributed by atoms with Gasteiger partial charge in [-0.15, -0.1) is 6.58 Å². The number of carbonyl (C=O) groups excluding carboxylic acids is 4. The molecule has 4 aromatic rings. The Morgan fingerprint density at radius 2 is 1.25 bits per heavy atom. The maximum absolute atomic E-state index is 14.5. The van der Waals surface area contributed by atoms with Crippen LogP contribution in [0.1, 0.15) is 77.8 Å². The molecular formula is C49H63BrF2N6O9. The number of nitrogens with one attached hydrogen (secondary N) is 2. The predicted octanol–water partition coefficient (Wildman–Crippen LogP) is 10.8. The number of allylic oxidation sites excluding steroid dienone is 1. The predicted molar refractivity (Wildman–Crippen MR) is 256 cm³/mol. The Morgan fingerprint density at radius 3 is 1.72 bits per heavy atom. The minimum atomic E-state index is -0.733. The summed E-state index contributed by atoms with van der Waals surface area (Å²) < 4.78 is 53.7. The molecule has 18 heteroatoms. The number of nitrogens with zero attached hydrogens (tertiary/aromatic N) is 4. The molecule has 2 aromatic heterocycles. The number of hydrogen-bond acceptors (Lipinski definition) is 11. The van der Waals surface area contributed by atoms with E-state index in [-0.39, 0.29) is 56.2 Å². The molecule has 67 heavy (non-hydrogen) atoms. The summed E-state index contributed by atoms with van der Waals surface area (Å²) in [5.41, 5.74) is 1.48. The molecule has 15 nitrogen and oxygen atoms in total. The summed E-state index contributed by atoms with van der Waals surface area (Å²) in [5, 5.41) is 5.24. The first-order valence-electron chi connectivity index (χ1n) is 21.2. The average Bonchev–Trinajstić information content (AvgIpc) is 3.27. The van der Waals surface area contributed by atoms with Gasteiger partial charge in [-0.3, -0.25) is 9.88 Å². The Kier molecular flexibility index (Phi) is 24.0. The third-order valence-corrected chi connectivity index (χ3v) is 9.23. The lowest BCUT2D eigenvalue weighted by Gasteiger charge is -2.30. The van der Waals surface area contributed by atoms with Gasteiger partial charge in [-0.25, -0.2) is 32.9 Å². The fourth-order valence-electron chi connectivity index (χ4n) is 5.25. The zero-order valence-corrected chi connectivity index (χ0v) is 41.4. The number of aromatic nitrogens is 2. The molecular weight excluding hydrogens is 934 g/mol. The molecule has 0 aliphatic heterocycles. The minimum Gasteiger partial charge on any atom is -0.479 e. The SMILES string of the molecule is C=CC(C)N(CCNC(=O)OCc1ccccc1)C(=O)OC(C)(C)C.COc1nccc(/C=C(/C)N(CCNC(=O)OCc2ccccc2)C(=O)OC(C)(C)C)c1F.Cc1nccc(Br)c1F. The van der Waals surface area contributed by atoms with Crippen molar-refractivity contribution in [2.75, 3.05) is 33.3 Å². The van der Waals surface area contributed by atoms with Gasteiger partial charge in [0.05, 0.1) is 23.3 Å². The zero-order chi connectivity index (χ0) is 50.2. The third kappa shape index (κ3) is 22.5. The molecule has 0 saturated heterocycles. The number of methoxy groups -OCH3 is 1. The van der Waals surface area contributed by atoms with Crippen LogP contribution in [0.3, 0.4) is 0 Å². The van der Waals surface area contributed by atoms with Crippen LogP contribution < -0.4 is 15.4 Å². The van der Waals surface area contributed by atoms with E-state index in [1.54, 1.807) is 73.7 Å². The summed E-state index contributed by atoms with van der Waals surface area (Å²) >= 11 is 3.03. The second kappa shape index (κ2) is 28.5. The van der Waals surface area contributed by atoms with Crippen LogP contribution in [0.15, 0.2) is 108 Å². The number of pyridine rings is 2. The number of ether oxygens (including phenoxy) is 5. The van der Waals surface area contributed by atoms with Crippen LogP contribution in [0.2, 0.25) is 0 Å². The van der Waals surface area contributed by atoms with Crippen molar-refractivity contribution in [3.05, 3.63) is 142 Å². The van der Waals surface area contributed by atoms with E-state index in [4.69, 9.17) is 23.7 Å². The molecule has 2 N–H and O–H groups in total. The molecule has 4 rings (SSSR count). The first kappa shape index (κ1) is 56.6. The number of halogens is 3. The van der Waals surface area contributed by atoms with E-state index in [0.29, 0.717) is 22.4 Å². The molecule has 0 aliphatic carbocycles. The molecule has 0 fully saturated rings. The van der Waals surface area contributed by atoms with Crippen molar-refractivity contribution < 1.29 is 51.6 Å². The number of carbonyl (C=O) groups is 4. The maximum Gasteiger partial charge on any atom is 0.414 e. The van der Waals surface area contributed by atoms with E-state index in [1.807, 2.05) is 67.6 Å². The van der Waals surface area contributed by atoms with Crippen LogP contribution in [-0.4, -0.2) is 94.7 Å². The third-order valence-electron chi connectivity index (χ3n) is 8.61. The monoisotopic (exact) mass is 996 g/mol. The average molecular weight is 998 g/mol. The maximum atomic E-state index is 14.5. The van der Waals surface area contributed by atoms with Crippen molar-refractivity contribution in [1.82, 2.24) is 30.4 Å². The number of aryl methyl sites for hydroxylation is 1. The molecule has 1 atom stereocenters. The van der Waals surface area contributed by atoms with E-state index in [1.165, 1.54) is 35.2 Å². The lowest BCUT2D eigenvalue weighted by Crippen LogP contribution is -2.45. The molecule has 2 aromatic carbocycles. The molecule has 0 spiro atoms. The second-order valence-corrected chi connectivity index (χ2v) is 17.3. The fraction of sp³-hybridized carbons (Fsp3) is 0.388. The fourth-order valence-corrected chi connectivity index (χ4v) is 5.65. The lowest BCUT2D eigenvalue weighted by atomic mass is 10.2.